The van der Waals surface area contributed by atoms with Gasteiger partial charge in [0.1, 0.15) is 12.1 Å². The minimum atomic E-state index is 0.519. The predicted octanol–water partition coefficient (Wildman–Crippen LogP) is 3.94. The Bertz CT molecular complexity index is 665. The lowest BCUT2D eigenvalue weighted by molar-refractivity contribution is 1.43. The van der Waals surface area contributed by atoms with Crippen molar-refractivity contribution in [3.8, 4) is 12.1 Å². The molecule has 18 heavy (non-hydrogen) atoms. The SMILES string of the molecule is N#Cc1ccccc1Nc1cccc(Br)c1C#N. The molecule has 0 aliphatic carbocycles. The molecule has 0 aliphatic heterocycles. The fourth-order valence-corrected chi connectivity index (χ4v) is 2.03. The fraction of sp³-hybridized carbons (Fsp3) is 0. The molecule has 0 saturated carbocycles. The van der Waals surface area contributed by atoms with Crippen LogP contribution in [0.15, 0.2) is 46.9 Å². The van der Waals surface area contributed by atoms with E-state index >= 15 is 0 Å². The van der Waals surface area contributed by atoms with Gasteiger partial charge in [-0.1, -0.05) is 18.2 Å². The van der Waals surface area contributed by atoms with Gasteiger partial charge in [0.15, 0.2) is 0 Å². The number of benzene rings is 2. The van der Waals surface area contributed by atoms with Crippen LogP contribution in [0.3, 0.4) is 0 Å². The fourth-order valence-electron chi connectivity index (χ4n) is 1.58. The zero-order chi connectivity index (χ0) is 13.0. The molecule has 0 saturated heterocycles. The largest absolute Gasteiger partial charge is 0.353 e. The smallest absolute Gasteiger partial charge is 0.103 e. The maximum absolute atomic E-state index is 9.12. The van der Waals surface area contributed by atoms with Gasteiger partial charge in [0, 0.05) is 4.47 Å². The highest BCUT2D eigenvalue weighted by Crippen LogP contribution is 2.27. The van der Waals surface area contributed by atoms with Crippen molar-refractivity contribution < 1.29 is 0 Å². The Morgan fingerprint density at radius 2 is 1.61 bits per heavy atom. The van der Waals surface area contributed by atoms with Crippen molar-refractivity contribution in [2.75, 3.05) is 5.32 Å². The van der Waals surface area contributed by atoms with Crippen molar-refractivity contribution in [3.05, 3.63) is 58.1 Å². The number of rotatable bonds is 2. The summed E-state index contributed by atoms with van der Waals surface area (Å²) in [6.45, 7) is 0. The maximum atomic E-state index is 9.12. The highest BCUT2D eigenvalue weighted by atomic mass is 79.9. The van der Waals surface area contributed by atoms with Crippen LogP contribution in [0.1, 0.15) is 11.1 Å². The Hall–Kier alpha value is -2.30. The molecule has 0 unspecified atom stereocenters. The van der Waals surface area contributed by atoms with Gasteiger partial charge in [-0.2, -0.15) is 10.5 Å². The second-order valence-electron chi connectivity index (χ2n) is 3.56. The van der Waals surface area contributed by atoms with E-state index in [1.807, 2.05) is 12.1 Å². The minimum absolute atomic E-state index is 0.519. The van der Waals surface area contributed by atoms with Crippen LogP contribution in [0.5, 0.6) is 0 Å². The average molecular weight is 298 g/mol. The first-order valence-electron chi connectivity index (χ1n) is 5.21. The molecule has 0 fully saturated rings. The van der Waals surface area contributed by atoms with Crippen LogP contribution < -0.4 is 5.32 Å². The third kappa shape index (κ3) is 2.34. The van der Waals surface area contributed by atoms with Crippen LogP contribution in [-0.2, 0) is 0 Å². The van der Waals surface area contributed by atoms with Crippen LogP contribution >= 0.6 is 15.9 Å². The molecule has 0 aromatic heterocycles. The molecule has 0 aliphatic rings. The van der Waals surface area contributed by atoms with E-state index in [-0.39, 0.29) is 0 Å². The van der Waals surface area contributed by atoms with Crippen molar-refractivity contribution in [1.29, 1.82) is 10.5 Å². The van der Waals surface area contributed by atoms with Crippen molar-refractivity contribution >= 4 is 27.3 Å². The number of nitrogens with one attached hydrogen (secondary N) is 1. The number of para-hydroxylation sites is 1. The summed E-state index contributed by atoms with van der Waals surface area (Å²) in [6.07, 6.45) is 0. The topological polar surface area (TPSA) is 59.6 Å². The van der Waals surface area contributed by atoms with Crippen molar-refractivity contribution in [1.82, 2.24) is 0 Å². The summed E-state index contributed by atoms with van der Waals surface area (Å²) >= 11 is 3.33. The molecule has 1 N–H and O–H groups in total. The molecule has 0 amide bonds. The summed E-state index contributed by atoms with van der Waals surface area (Å²) in [7, 11) is 0. The van der Waals surface area contributed by atoms with Gasteiger partial charge in [0.05, 0.1) is 22.5 Å². The van der Waals surface area contributed by atoms with Crippen LogP contribution in [0.2, 0.25) is 0 Å². The van der Waals surface area contributed by atoms with Gasteiger partial charge in [-0.05, 0) is 40.2 Å². The Morgan fingerprint density at radius 3 is 2.33 bits per heavy atom. The summed E-state index contributed by atoms with van der Waals surface area (Å²) in [5, 5.41) is 21.2. The minimum Gasteiger partial charge on any atom is -0.353 e. The summed E-state index contributed by atoms with van der Waals surface area (Å²) < 4.78 is 0.726. The second-order valence-corrected chi connectivity index (χ2v) is 4.41. The average Bonchev–Trinajstić information content (AvgIpc) is 2.40. The Morgan fingerprint density at radius 1 is 0.889 bits per heavy atom. The van der Waals surface area contributed by atoms with Crippen molar-refractivity contribution in [3.63, 3.8) is 0 Å². The summed E-state index contributed by atoms with van der Waals surface area (Å²) in [5.41, 5.74) is 2.43. The maximum Gasteiger partial charge on any atom is 0.103 e. The predicted molar refractivity (Wildman–Crippen MR) is 73.3 cm³/mol. The number of halogens is 1. The molecule has 2 rings (SSSR count). The monoisotopic (exact) mass is 297 g/mol. The van der Waals surface area contributed by atoms with Gasteiger partial charge >= 0.3 is 0 Å². The first-order chi connectivity index (χ1) is 8.76. The number of anilines is 2. The summed E-state index contributed by atoms with van der Waals surface area (Å²) in [5.74, 6) is 0. The first-order valence-corrected chi connectivity index (χ1v) is 6.00. The van der Waals surface area contributed by atoms with Crippen molar-refractivity contribution in [2.45, 2.75) is 0 Å². The van der Waals surface area contributed by atoms with Gasteiger partial charge in [-0.15, -0.1) is 0 Å². The van der Waals surface area contributed by atoms with E-state index in [1.165, 1.54) is 0 Å². The zero-order valence-corrected chi connectivity index (χ0v) is 10.9. The molecule has 0 bridgehead atoms. The standard InChI is InChI=1S/C14H8BrN3/c15-12-5-3-7-14(11(12)9-17)18-13-6-2-1-4-10(13)8-16/h1-7,18H. The first kappa shape index (κ1) is 12.2. The number of hydrogen-bond donors (Lipinski definition) is 1. The third-order valence-corrected chi connectivity index (χ3v) is 3.10. The van der Waals surface area contributed by atoms with Crippen LogP contribution in [0, 0.1) is 22.7 Å². The molecule has 0 atom stereocenters. The number of hydrogen-bond acceptors (Lipinski definition) is 3. The van der Waals surface area contributed by atoms with E-state index in [0.717, 1.165) is 4.47 Å². The highest BCUT2D eigenvalue weighted by Gasteiger charge is 2.07. The number of nitrogens with zero attached hydrogens (tertiary/aromatic N) is 2. The lowest BCUT2D eigenvalue weighted by Gasteiger charge is -2.10. The third-order valence-electron chi connectivity index (χ3n) is 2.44. The number of nitriles is 2. The molecule has 4 heteroatoms. The Balaban J connectivity index is 2.45. The van der Waals surface area contributed by atoms with E-state index in [1.54, 1.807) is 30.3 Å². The molecule has 0 spiro atoms. The summed E-state index contributed by atoms with van der Waals surface area (Å²) in [4.78, 5) is 0. The normalized spacial score (nSPS) is 9.28. The Labute approximate surface area is 113 Å². The van der Waals surface area contributed by atoms with Gasteiger partial charge in [-0.25, -0.2) is 0 Å². The van der Waals surface area contributed by atoms with Crippen LogP contribution in [0.4, 0.5) is 11.4 Å². The highest BCUT2D eigenvalue weighted by molar-refractivity contribution is 9.10. The molecular weight excluding hydrogens is 290 g/mol. The molecule has 0 heterocycles. The van der Waals surface area contributed by atoms with E-state index < -0.39 is 0 Å². The quantitative estimate of drug-likeness (QED) is 0.913. The van der Waals surface area contributed by atoms with Gasteiger partial charge < -0.3 is 5.32 Å². The van der Waals surface area contributed by atoms with E-state index in [9.17, 15) is 0 Å². The van der Waals surface area contributed by atoms with Gasteiger partial charge in [-0.3, -0.25) is 0 Å². The summed E-state index contributed by atoms with van der Waals surface area (Å²) in [6, 6.07) is 16.9. The van der Waals surface area contributed by atoms with E-state index in [4.69, 9.17) is 10.5 Å². The zero-order valence-electron chi connectivity index (χ0n) is 9.31. The molecule has 2 aromatic rings. The molecule has 86 valence electrons. The van der Waals surface area contributed by atoms with E-state index in [0.29, 0.717) is 22.5 Å². The van der Waals surface area contributed by atoms with E-state index in [2.05, 4.69) is 33.4 Å². The molecule has 3 nitrogen and oxygen atoms in total. The van der Waals surface area contributed by atoms with Gasteiger partial charge in [0.25, 0.3) is 0 Å². The van der Waals surface area contributed by atoms with Gasteiger partial charge in [0.2, 0.25) is 0 Å². The lowest BCUT2D eigenvalue weighted by Crippen LogP contribution is -1.96. The van der Waals surface area contributed by atoms with Crippen LogP contribution in [-0.4, -0.2) is 0 Å². The second kappa shape index (κ2) is 5.35. The lowest BCUT2D eigenvalue weighted by atomic mass is 10.1. The Kier molecular flexibility index (Phi) is 3.62. The van der Waals surface area contributed by atoms with Crippen LogP contribution in [0.25, 0.3) is 0 Å². The molecule has 0 radical (unpaired) electrons. The molecular formula is C14H8BrN3. The van der Waals surface area contributed by atoms with Crippen molar-refractivity contribution in [2.24, 2.45) is 0 Å². The molecule has 2 aromatic carbocycles.